The van der Waals surface area contributed by atoms with Crippen molar-refractivity contribution >= 4 is 29.7 Å². The van der Waals surface area contributed by atoms with E-state index in [1.165, 1.54) is 7.11 Å². The summed E-state index contributed by atoms with van der Waals surface area (Å²) in [5.41, 5.74) is 1.63. The lowest BCUT2D eigenvalue weighted by atomic mass is 10.3. The van der Waals surface area contributed by atoms with Crippen molar-refractivity contribution in [2.45, 2.75) is 5.16 Å². The summed E-state index contributed by atoms with van der Waals surface area (Å²) in [6, 6.07) is 7.54. The first-order chi connectivity index (χ1) is 6.74. The molecule has 0 spiro atoms. The van der Waals surface area contributed by atoms with Gasteiger partial charge in [0.15, 0.2) is 5.16 Å². The van der Waals surface area contributed by atoms with E-state index in [0.717, 1.165) is 11.0 Å². The number of nitrogens with zero attached hydrogens (tertiary/aromatic N) is 2. The van der Waals surface area contributed by atoms with Gasteiger partial charge < -0.3 is 4.74 Å². The summed E-state index contributed by atoms with van der Waals surface area (Å²) in [7, 11) is 1.45. The quantitative estimate of drug-likeness (QED) is 0.393. The van der Waals surface area contributed by atoms with Gasteiger partial charge in [0.25, 0.3) is 6.02 Å². The van der Waals surface area contributed by atoms with Crippen LogP contribution >= 0.6 is 12.6 Å². The summed E-state index contributed by atoms with van der Waals surface area (Å²) >= 11 is 4.18. The van der Waals surface area contributed by atoms with Gasteiger partial charge in [-0.05, 0) is 12.1 Å². The van der Waals surface area contributed by atoms with Gasteiger partial charge in [0.2, 0.25) is 0 Å². The molecule has 1 aromatic carbocycles. The van der Waals surface area contributed by atoms with Crippen LogP contribution in [0, 0.1) is 5.41 Å². The minimum absolute atomic E-state index is 0.0173. The molecule has 1 heterocycles. The standard InChI is InChI=1S/C9H9N3OS/c1-13-8(10)12-7-5-3-2-4-6(7)11-9(12)14/h2-5,10H,1H3,(H,11,14). The van der Waals surface area contributed by atoms with Crippen molar-refractivity contribution in [2.24, 2.45) is 0 Å². The van der Waals surface area contributed by atoms with Gasteiger partial charge in [0.05, 0.1) is 18.1 Å². The molecule has 0 aliphatic rings. The Morgan fingerprint density at radius 1 is 1.50 bits per heavy atom. The first-order valence-corrected chi connectivity index (χ1v) is 4.48. The first kappa shape index (κ1) is 9.08. The van der Waals surface area contributed by atoms with E-state index in [1.807, 2.05) is 24.3 Å². The summed E-state index contributed by atoms with van der Waals surface area (Å²) in [4.78, 5) is 4.19. The Bertz CT molecular complexity index is 492. The third kappa shape index (κ3) is 1.26. The molecule has 5 heteroatoms. The van der Waals surface area contributed by atoms with Crippen LogP contribution in [0.5, 0.6) is 0 Å². The van der Waals surface area contributed by atoms with E-state index in [1.54, 1.807) is 4.57 Å². The second-order valence-electron chi connectivity index (χ2n) is 2.75. The average molecular weight is 207 g/mol. The predicted molar refractivity (Wildman–Crippen MR) is 57.1 cm³/mol. The van der Waals surface area contributed by atoms with Gasteiger partial charge >= 0.3 is 0 Å². The SMILES string of the molecule is COC(=N)n1c(S)nc2ccccc21. The number of imidazole rings is 1. The van der Waals surface area contributed by atoms with Gasteiger partial charge in [0.1, 0.15) is 0 Å². The molecular weight excluding hydrogens is 198 g/mol. The van der Waals surface area contributed by atoms with Crippen LogP contribution < -0.4 is 0 Å². The molecule has 72 valence electrons. The van der Waals surface area contributed by atoms with Gasteiger partial charge in [-0.1, -0.05) is 12.1 Å². The number of aromatic nitrogens is 2. The summed E-state index contributed by atoms with van der Waals surface area (Å²) in [6.07, 6.45) is 0. The molecule has 0 aliphatic heterocycles. The summed E-state index contributed by atoms with van der Waals surface area (Å²) in [5.74, 6) is 0. The van der Waals surface area contributed by atoms with E-state index in [2.05, 4.69) is 17.6 Å². The van der Waals surface area contributed by atoms with E-state index < -0.39 is 0 Å². The lowest BCUT2D eigenvalue weighted by Gasteiger charge is -2.04. The van der Waals surface area contributed by atoms with Crippen molar-refractivity contribution in [3.8, 4) is 0 Å². The number of para-hydroxylation sites is 2. The molecule has 0 atom stereocenters. The molecule has 1 N–H and O–H groups in total. The highest BCUT2D eigenvalue weighted by atomic mass is 32.1. The van der Waals surface area contributed by atoms with Crippen LogP contribution in [0.2, 0.25) is 0 Å². The van der Waals surface area contributed by atoms with Crippen LogP contribution in [0.4, 0.5) is 0 Å². The second-order valence-corrected chi connectivity index (χ2v) is 3.15. The van der Waals surface area contributed by atoms with Crippen molar-refractivity contribution in [3.63, 3.8) is 0 Å². The van der Waals surface area contributed by atoms with Crippen molar-refractivity contribution in [2.75, 3.05) is 7.11 Å². The molecule has 0 aliphatic carbocycles. The largest absolute Gasteiger partial charge is 0.468 e. The molecule has 1 aromatic heterocycles. The molecule has 0 fully saturated rings. The molecule has 4 nitrogen and oxygen atoms in total. The maximum absolute atomic E-state index is 7.57. The average Bonchev–Trinajstić information content (AvgIpc) is 2.53. The number of ether oxygens (including phenoxy) is 1. The molecular formula is C9H9N3OS. The number of thiol groups is 1. The maximum Gasteiger partial charge on any atom is 0.295 e. The smallest absolute Gasteiger partial charge is 0.295 e. The highest BCUT2D eigenvalue weighted by Crippen LogP contribution is 2.17. The van der Waals surface area contributed by atoms with Crippen LogP contribution in [0.3, 0.4) is 0 Å². The predicted octanol–water partition coefficient (Wildman–Crippen LogP) is 1.75. The molecule has 0 unspecified atom stereocenters. The minimum atomic E-state index is 0.0173. The van der Waals surface area contributed by atoms with Crippen molar-refractivity contribution in [1.29, 1.82) is 5.41 Å². The molecule has 0 saturated heterocycles. The highest BCUT2D eigenvalue weighted by Gasteiger charge is 2.10. The van der Waals surface area contributed by atoms with E-state index in [0.29, 0.717) is 5.16 Å². The van der Waals surface area contributed by atoms with Crippen LogP contribution in [-0.2, 0) is 4.74 Å². The Balaban J connectivity index is 2.74. The fraction of sp³-hybridized carbons (Fsp3) is 0.111. The Kier molecular flexibility index (Phi) is 2.17. The van der Waals surface area contributed by atoms with E-state index in [4.69, 9.17) is 10.1 Å². The van der Waals surface area contributed by atoms with E-state index in [9.17, 15) is 0 Å². The number of hydrogen-bond donors (Lipinski definition) is 2. The fourth-order valence-electron chi connectivity index (χ4n) is 1.30. The summed E-state index contributed by atoms with van der Waals surface area (Å²) in [6.45, 7) is 0. The van der Waals surface area contributed by atoms with Crippen molar-refractivity contribution in [1.82, 2.24) is 9.55 Å². The van der Waals surface area contributed by atoms with Crippen LogP contribution in [0.1, 0.15) is 0 Å². The number of benzene rings is 1. The minimum Gasteiger partial charge on any atom is -0.468 e. The first-order valence-electron chi connectivity index (χ1n) is 4.03. The normalized spacial score (nSPS) is 10.4. The van der Waals surface area contributed by atoms with Gasteiger partial charge in [-0.3, -0.25) is 5.41 Å². The molecule has 0 amide bonds. The van der Waals surface area contributed by atoms with Crippen LogP contribution in [0.25, 0.3) is 11.0 Å². The summed E-state index contributed by atoms with van der Waals surface area (Å²) < 4.78 is 6.38. The van der Waals surface area contributed by atoms with E-state index in [-0.39, 0.29) is 6.02 Å². The number of rotatable bonds is 0. The third-order valence-corrected chi connectivity index (χ3v) is 2.24. The monoisotopic (exact) mass is 207 g/mol. The molecule has 2 aromatic rings. The Morgan fingerprint density at radius 3 is 2.93 bits per heavy atom. The zero-order valence-corrected chi connectivity index (χ0v) is 8.45. The Hall–Kier alpha value is -1.49. The molecule has 14 heavy (non-hydrogen) atoms. The maximum atomic E-state index is 7.57. The summed E-state index contributed by atoms with van der Waals surface area (Å²) in [5, 5.41) is 8.03. The molecule has 0 bridgehead atoms. The van der Waals surface area contributed by atoms with Gasteiger partial charge in [0, 0.05) is 0 Å². The van der Waals surface area contributed by atoms with Gasteiger partial charge in [-0.25, -0.2) is 9.55 Å². The van der Waals surface area contributed by atoms with Crippen LogP contribution in [-0.4, -0.2) is 22.7 Å². The molecule has 2 rings (SSSR count). The Morgan fingerprint density at radius 2 is 2.21 bits per heavy atom. The molecule has 0 saturated carbocycles. The zero-order valence-electron chi connectivity index (χ0n) is 7.56. The van der Waals surface area contributed by atoms with Crippen LogP contribution in [0.15, 0.2) is 29.4 Å². The lowest BCUT2D eigenvalue weighted by Crippen LogP contribution is -2.12. The topological polar surface area (TPSA) is 50.9 Å². The lowest BCUT2D eigenvalue weighted by molar-refractivity contribution is 0.378. The zero-order chi connectivity index (χ0) is 10.1. The van der Waals surface area contributed by atoms with Crippen molar-refractivity contribution < 1.29 is 4.74 Å². The van der Waals surface area contributed by atoms with E-state index >= 15 is 0 Å². The number of methoxy groups -OCH3 is 1. The van der Waals surface area contributed by atoms with Gasteiger partial charge in [-0.15, -0.1) is 12.6 Å². The number of nitrogens with one attached hydrogen (secondary N) is 1. The highest BCUT2D eigenvalue weighted by molar-refractivity contribution is 7.80. The van der Waals surface area contributed by atoms with Crippen molar-refractivity contribution in [3.05, 3.63) is 24.3 Å². The Labute approximate surface area is 86.4 Å². The van der Waals surface area contributed by atoms with Gasteiger partial charge in [-0.2, -0.15) is 0 Å². The number of hydrogen-bond acceptors (Lipinski definition) is 4. The molecule has 0 radical (unpaired) electrons. The second kappa shape index (κ2) is 3.34. The fourth-order valence-corrected chi connectivity index (χ4v) is 1.61. The third-order valence-electron chi connectivity index (χ3n) is 1.94. The number of fused-ring (bicyclic) bond motifs is 1.